The van der Waals surface area contributed by atoms with Crippen LogP contribution in [0.25, 0.3) is 0 Å². The molecule has 0 aliphatic rings. The zero-order valence-corrected chi connectivity index (χ0v) is 9.74. The average Bonchev–Trinajstić information content (AvgIpc) is 2.19. The molecule has 0 fully saturated rings. The Morgan fingerprint density at radius 1 is 1.40 bits per heavy atom. The molecule has 0 aliphatic heterocycles. The lowest BCUT2D eigenvalue weighted by molar-refractivity contribution is 0.372. The fourth-order valence-electron chi connectivity index (χ4n) is 1.49. The van der Waals surface area contributed by atoms with Gasteiger partial charge in [-0.3, -0.25) is 4.90 Å². The van der Waals surface area contributed by atoms with Gasteiger partial charge < -0.3 is 0 Å². The fourth-order valence-corrected chi connectivity index (χ4v) is 1.91. The molecule has 1 aromatic rings. The molecule has 0 bridgehead atoms. The molecule has 15 heavy (non-hydrogen) atoms. The molecule has 0 radical (unpaired) electrons. The number of nitrogens with zero attached hydrogens (tertiary/aromatic N) is 1. The minimum Gasteiger partial charge on any atom is -0.294 e. The summed E-state index contributed by atoms with van der Waals surface area (Å²) in [6.07, 6.45) is 6.11. The topological polar surface area (TPSA) is 3.24 Å². The van der Waals surface area contributed by atoms with Crippen molar-refractivity contribution >= 4 is 11.6 Å². The molecule has 1 unspecified atom stereocenters. The van der Waals surface area contributed by atoms with Crippen LogP contribution in [0.4, 0.5) is 0 Å². The van der Waals surface area contributed by atoms with Gasteiger partial charge in [-0.1, -0.05) is 36.3 Å². The number of terminal acetylenes is 1. The number of hydrogen-bond donors (Lipinski definition) is 0. The predicted molar refractivity (Wildman–Crippen MR) is 66.1 cm³/mol. The number of benzene rings is 1. The third kappa shape index (κ3) is 4.88. The molecule has 80 valence electrons. The third-order valence-corrected chi connectivity index (χ3v) is 2.46. The first kappa shape index (κ1) is 12.1. The van der Waals surface area contributed by atoms with E-state index in [9.17, 15) is 0 Å². The maximum absolute atomic E-state index is 6.24. The Balaban J connectivity index is 2.37. The van der Waals surface area contributed by atoms with Crippen molar-refractivity contribution in [2.24, 2.45) is 0 Å². The van der Waals surface area contributed by atoms with Crippen LogP contribution < -0.4 is 0 Å². The van der Waals surface area contributed by atoms with Gasteiger partial charge in [0.15, 0.2) is 0 Å². The zero-order valence-electron chi connectivity index (χ0n) is 8.99. The van der Waals surface area contributed by atoms with Crippen LogP contribution >= 0.6 is 11.6 Å². The molecule has 0 aromatic heterocycles. The van der Waals surface area contributed by atoms with E-state index in [0.717, 1.165) is 13.0 Å². The van der Waals surface area contributed by atoms with Crippen molar-refractivity contribution in [3.8, 4) is 12.3 Å². The summed E-state index contributed by atoms with van der Waals surface area (Å²) < 4.78 is 0. The lowest BCUT2D eigenvalue weighted by atomic mass is 10.1. The highest BCUT2D eigenvalue weighted by Crippen LogP contribution is 2.08. The Labute approximate surface area is 97.0 Å². The van der Waals surface area contributed by atoms with Crippen molar-refractivity contribution < 1.29 is 0 Å². The second-order valence-electron chi connectivity index (χ2n) is 3.69. The van der Waals surface area contributed by atoms with Crippen LogP contribution in [0.15, 0.2) is 30.3 Å². The van der Waals surface area contributed by atoms with Gasteiger partial charge in [-0.25, -0.2) is 0 Å². The molecule has 0 saturated heterocycles. The third-order valence-electron chi connectivity index (χ3n) is 2.17. The molecular weight excluding hydrogens is 206 g/mol. The Kier molecular flexibility index (Phi) is 5.25. The Morgan fingerprint density at radius 3 is 2.67 bits per heavy atom. The van der Waals surface area contributed by atoms with E-state index >= 15 is 0 Å². The largest absolute Gasteiger partial charge is 0.294 e. The predicted octanol–water partition coefficient (Wildman–Crippen LogP) is 2.40. The van der Waals surface area contributed by atoms with E-state index in [-0.39, 0.29) is 5.38 Å². The second-order valence-corrected chi connectivity index (χ2v) is 4.31. The SMILES string of the molecule is C#CCN(C)CC(Cl)Cc1ccccc1. The number of rotatable bonds is 5. The van der Waals surface area contributed by atoms with Crippen LogP contribution in [0.2, 0.25) is 0 Å². The van der Waals surface area contributed by atoms with Crippen molar-refractivity contribution in [1.29, 1.82) is 0 Å². The zero-order chi connectivity index (χ0) is 11.1. The van der Waals surface area contributed by atoms with Gasteiger partial charge >= 0.3 is 0 Å². The van der Waals surface area contributed by atoms with E-state index in [2.05, 4.69) is 23.0 Å². The first-order valence-corrected chi connectivity index (χ1v) is 5.46. The Hall–Kier alpha value is -0.970. The van der Waals surface area contributed by atoms with Crippen LogP contribution in [0, 0.1) is 12.3 Å². The highest BCUT2D eigenvalue weighted by atomic mass is 35.5. The van der Waals surface area contributed by atoms with Gasteiger partial charge in [0.05, 0.1) is 11.9 Å². The summed E-state index contributed by atoms with van der Waals surface area (Å²) in [5.41, 5.74) is 1.27. The normalized spacial score (nSPS) is 12.4. The van der Waals surface area contributed by atoms with Crippen molar-refractivity contribution in [2.45, 2.75) is 11.8 Å². The number of alkyl halides is 1. The van der Waals surface area contributed by atoms with E-state index in [1.54, 1.807) is 0 Å². The molecule has 1 rings (SSSR count). The van der Waals surface area contributed by atoms with E-state index in [4.69, 9.17) is 18.0 Å². The van der Waals surface area contributed by atoms with E-state index in [0.29, 0.717) is 6.54 Å². The summed E-state index contributed by atoms with van der Waals surface area (Å²) in [5.74, 6) is 2.60. The molecule has 1 atom stereocenters. The number of halogens is 1. The first-order valence-electron chi connectivity index (χ1n) is 5.02. The van der Waals surface area contributed by atoms with Crippen molar-refractivity contribution in [3.63, 3.8) is 0 Å². The summed E-state index contributed by atoms with van der Waals surface area (Å²) in [4.78, 5) is 2.06. The van der Waals surface area contributed by atoms with Crippen LogP contribution in [-0.4, -0.2) is 30.4 Å². The molecule has 0 heterocycles. The van der Waals surface area contributed by atoms with Gasteiger partial charge in [-0.05, 0) is 19.0 Å². The molecule has 0 amide bonds. The van der Waals surface area contributed by atoms with Gasteiger partial charge in [0, 0.05) is 6.54 Å². The highest BCUT2D eigenvalue weighted by Gasteiger charge is 2.08. The van der Waals surface area contributed by atoms with Crippen molar-refractivity contribution in [2.75, 3.05) is 20.1 Å². The minimum atomic E-state index is 0.116. The quantitative estimate of drug-likeness (QED) is 0.545. The summed E-state index contributed by atoms with van der Waals surface area (Å²) in [5, 5.41) is 0.116. The van der Waals surface area contributed by atoms with Gasteiger partial charge in [-0.15, -0.1) is 18.0 Å². The van der Waals surface area contributed by atoms with E-state index < -0.39 is 0 Å². The van der Waals surface area contributed by atoms with E-state index in [1.807, 2.05) is 25.2 Å². The van der Waals surface area contributed by atoms with Crippen LogP contribution in [0.5, 0.6) is 0 Å². The summed E-state index contributed by atoms with van der Waals surface area (Å²) in [6, 6.07) is 10.3. The standard InChI is InChI=1S/C13H16ClN/c1-3-9-15(2)11-13(14)10-12-7-5-4-6-8-12/h1,4-8,13H,9-11H2,2H3. The summed E-state index contributed by atoms with van der Waals surface area (Å²) in [6.45, 7) is 1.47. The first-order chi connectivity index (χ1) is 7.22. The number of hydrogen-bond acceptors (Lipinski definition) is 1. The maximum atomic E-state index is 6.24. The van der Waals surface area contributed by atoms with Gasteiger partial charge in [0.25, 0.3) is 0 Å². The molecule has 0 spiro atoms. The van der Waals surface area contributed by atoms with Gasteiger partial charge in [0.2, 0.25) is 0 Å². The lowest BCUT2D eigenvalue weighted by Gasteiger charge is -2.17. The second kappa shape index (κ2) is 6.50. The van der Waals surface area contributed by atoms with Gasteiger partial charge in [-0.2, -0.15) is 0 Å². The summed E-state index contributed by atoms with van der Waals surface area (Å²) in [7, 11) is 1.99. The fraction of sp³-hybridized carbons (Fsp3) is 0.385. The maximum Gasteiger partial charge on any atom is 0.0596 e. The minimum absolute atomic E-state index is 0.116. The van der Waals surface area contributed by atoms with Gasteiger partial charge in [0.1, 0.15) is 0 Å². The molecule has 1 nitrogen and oxygen atoms in total. The monoisotopic (exact) mass is 221 g/mol. The molecule has 0 saturated carbocycles. The van der Waals surface area contributed by atoms with Crippen LogP contribution in [0.3, 0.4) is 0 Å². The molecule has 0 aliphatic carbocycles. The van der Waals surface area contributed by atoms with Crippen molar-refractivity contribution in [1.82, 2.24) is 4.90 Å². The Morgan fingerprint density at radius 2 is 2.07 bits per heavy atom. The van der Waals surface area contributed by atoms with Crippen LogP contribution in [0.1, 0.15) is 5.56 Å². The van der Waals surface area contributed by atoms with Crippen LogP contribution in [-0.2, 0) is 6.42 Å². The lowest BCUT2D eigenvalue weighted by Crippen LogP contribution is -2.27. The van der Waals surface area contributed by atoms with E-state index in [1.165, 1.54) is 5.56 Å². The molecule has 2 heteroatoms. The highest BCUT2D eigenvalue weighted by molar-refractivity contribution is 6.20. The smallest absolute Gasteiger partial charge is 0.0596 e. The average molecular weight is 222 g/mol. The molecule has 0 N–H and O–H groups in total. The molecular formula is C13H16ClN. The summed E-state index contributed by atoms with van der Waals surface area (Å²) >= 11 is 6.24. The molecule has 1 aromatic carbocycles. The Bertz CT molecular complexity index is 315. The van der Waals surface area contributed by atoms with Crippen molar-refractivity contribution in [3.05, 3.63) is 35.9 Å².